The van der Waals surface area contributed by atoms with Crippen molar-refractivity contribution in [2.75, 3.05) is 0 Å². The quantitative estimate of drug-likeness (QED) is 0.880. The fourth-order valence-corrected chi connectivity index (χ4v) is 2.39. The number of nitrogens with zero attached hydrogens (tertiary/aromatic N) is 3. The molecule has 0 aliphatic heterocycles. The van der Waals surface area contributed by atoms with Gasteiger partial charge in [0.1, 0.15) is 0 Å². The summed E-state index contributed by atoms with van der Waals surface area (Å²) in [5.74, 6) is 0. The molecular weight excluding hydrogens is 272 g/mol. The first-order valence-electron chi connectivity index (χ1n) is 8.08. The van der Waals surface area contributed by atoms with E-state index in [2.05, 4.69) is 72.9 Å². The molecule has 0 saturated heterocycles. The minimum absolute atomic E-state index is 0.0844. The van der Waals surface area contributed by atoms with Gasteiger partial charge in [0.15, 0.2) is 0 Å². The van der Waals surface area contributed by atoms with Crippen LogP contribution in [-0.4, -0.2) is 26.1 Å². The van der Waals surface area contributed by atoms with Crippen LogP contribution in [0, 0.1) is 0 Å². The molecule has 2 aromatic heterocycles. The Morgan fingerprint density at radius 1 is 1.18 bits per heavy atom. The Morgan fingerprint density at radius 2 is 1.86 bits per heavy atom. The molecule has 1 atom stereocenters. The summed E-state index contributed by atoms with van der Waals surface area (Å²) < 4.78 is 0. The zero-order valence-electron chi connectivity index (χ0n) is 14.4. The van der Waals surface area contributed by atoms with Crippen LogP contribution >= 0.6 is 0 Å². The van der Waals surface area contributed by atoms with E-state index in [1.54, 1.807) is 0 Å². The molecule has 0 amide bonds. The molecule has 1 unspecified atom stereocenters. The Labute approximate surface area is 134 Å². The van der Waals surface area contributed by atoms with E-state index in [1.165, 1.54) is 11.3 Å². The minimum atomic E-state index is 0.0844. The van der Waals surface area contributed by atoms with E-state index < -0.39 is 0 Å². The Balaban J connectivity index is 2.11. The third-order valence-corrected chi connectivity index (χ3v) is 4.12. The second-order valence-electron chi connectivity index (χ2n) is 7.05. The van der Waals surface area contributed by atoms with E-state index in [-0.39, 0.29) is 5.41 Å². The van der Waals surface area contributed by atoms with Crippen molar-refractivity contribution in [3.8, 4) is 0 Å². The van der Waals surface area contributed by atoms with Crippen molar-refractivity contribution in [3.63, 3.8) is 0 Å². The molecule has 0 aliphatic carbocycles. The van der Waals surface area contributed by atoms with Gasteiger partial charge in [0.05, 0.1) is 5.69 Å². The first kappa shape index (κ1) is 16.7. The zero-order valence-corrected chi connectivity index (χ0v) is 14.4. The predicted octanol–water partition coefficient (Wildman–Crippen LogP) is 3.90. The monoisotopic (exact) mass is 300 g/mol. The van der Waals surface area contributed by atoms with E-state index >= 15 is 0 Å². The van der Waals surface area contributed by atoms with Crippen LogP contribution in [0.5, 0.6) is 0 Å². The number of hydrogen-bond acceptors (Lipinski definition) is 3. The molecule has 0 bridgehead atoms. The average molecular weight is 300 g/mol. The Bertz CT molecular complexity index is 568. The summed E-state index contributed by atoms with van der Waals surface area (Å²) >= 11 is 0. The number of H-pyrrole nitrogens is 1. The summed E-state index contributed by atoms with van der Waals surface area (Å²) in [6, 6.07) is 6.89. The standard InChI is InChI=1S/C18H28N4/c1-6-14(2)22(12-15-7-9-19-10-8-15)13-16-11-17(21-20-16)18(3,4)5/h7-11,14H,6,12-13H2,1-5H3,(H,20,21). The van der Waals surface area contributed by atoms with E-state index in [1.807, 2.05) is 12.4 Å². The van der Waals surface area contributed by atoms with Crippen molar-refractivity contribution in [1.82, 2.24) is 20.1 Å². The lowest BCUT2D eigenvalue weighted by Gasteiger charge is -2.27. The van der Waals surface area contributed by atoms with Crippen molar-refractivity contribution in [2.24, 2.45) is 0 Å². The fourth-order valence-electron chi connectivity index (χ4n) is 2.39. The van der Waals surface area contributed by atoms with Crippen LogP contribution in [0.25, 0.3) is 0 Å². The maximum atomic E-state index is 4.47. The SMILES string of the molecule is CCC(C)N(Cc1ccncc1)Cc1cc(C(C)(C)C)n[nH]1. The molecular formula is C18H28N4. The van der Waals surface area contributed by atoms with Gasteiger partial charge in [0.2, 0.25) is 0 Å². The van der Waals surface area contributed by atoms with Crippen molar-refractivity contribution in [2.45, 2.75) is 65.6 Å². The molecule has 0 aromatic carbocycles. The lowest BCUT2D eigenvalue weighted by Crippen LogP contribution is -2.31. The van der Waals surface area contributed by atoms with Crippen LogP contribution in [-0.2, 0) is 18.5 Å². The van der Waals surface area contributed by atoms with E-state index in [0.29, 0.717) is 6.04 Å². The lowest BCUT2D eigenvalue weighted by atomic mass is 9.92. The maximum Gasteiger partial charge on any atom is 0.0678 e. The van der Waals surface area contributed by atoms with Gasteiger partial charge in [-0.05, 0) is 37.1 Å². The van der Waals surface area contributed by atoms with Gasteiger partial charge in [-0.3, -0.25) is 15.0 Å². The second-order valence-corrected chi connectivity index (χ2v) is 7.05. The predicted molar refractivity (Wildman–Crippen MR) is 90.5 cm³/mol. The normalized spacial score (nSPS) is 13.5. The van der Waals surface area contributed by atoms with E-state index in [9.17, 15) is 0 Å². The molecule has 0 radical (unpaired) electrons. The van der Waals surface area contributed by atoms with Crippen LogP contribution < -0.4 is 0 Å². The number of rotatable bonds is 6. The van der Waals surface area contributed by atoms with E-state index in [4.69, 9.17) is 0 Å². The van der Waals surface area contributed by atoms with E-state index in [0.717, 1.165) is 25.2 Å². The van der Waals surface area contributed by atoms with Gasteiger partial charge < -0.3 is 0 Å². The molecule has 0 saturated carbocycles. The highest BCUT2D eigenvalue weighted by Crippen LogP contribution is 2.21. The molecule has 4 heteroatoms. The smallest absolute Gasteiger partial charge is 0.0678 e. The number of pyridine rings is 1. The summed E-state index contributed by atoms with van der Waals surface area (Å²) in [5, 5.41) is 7.67. The van der Waals surface area contributed by atoms with Gasteiger partial charge in [-0.1, -0.05) is 27.7 Å². The third-order valence-electron chi connectivity index (χ3n) is 4.12. The van der Waals surface area contributed by atoms with Crippen LogP contribution in [0.3, 0.4) is 0 Å². The van der Waals surface area contributed by atoms with Gasteiger partial charge in [0, 0.05) is 42.6 Å². The first-order chi connectivity index (χ1) is 10.4. The van der Waals surface area contributed by atoms with Crippen molar-refractivity contribution in [3.05, 3.63) is 47.5 Å². The Morgan fingerprint density at radius 3 is 2.41 bits per heavy atom. The topological polar surface area (TPSA) is 44.8 Å². The fraction of sp³-hybridized carbons (Fsp3) is 0.556. The van der Waals surface area contributed by atoms with Crippen molar-refractivity contribution < 1.29 is 0 Å². The second kappa shape index (κ2) is 7.05. The van der Waals surface area contributed by atoms with Gasteiger partial charge >= 0.3 is 0 Å². The van der Waals surface area contributed by atoms with Crippen LogP contribution in [0.15, 0.2) is 30.6 Å². The number of hydrogen-bond donors (Lipinski definition) is 1. The molecule has 2 aromatic rings. The summed E-state index contributed by atoms with van der Waals surface area (Å²) in [4.78, 5) is 6.58. The minimum Gasteiger partial charge on any atom is -0.291 e. The number of nitrogens with one attached hydrogen (secondary N) is 1. The van der Waals surface area contributed by atoms with Crippen molar-refractivity contribution in [1.29, 1.82) is 0 Å². The third kappa shape index (κ3) is 4.41. The summed E-state index contributed by atoms with van der Waals surface area (Å²) in [6.45, 7) is 12.9. The highest BCUT2D eigenvalue weighted by Gasteiger charge is 2.19. The maximum absolute atomic E-state index is 4.47. The van der Waals surface area contributed by atoms with Gasteiger partial charge in [0.25, 0.3) is 0 Å². The molecule has 0 aliphatic rings. The van der Waals surface area contributed by atoms with Crippen LogP contribution in [0.2, 0.25) is 0 Å². The average Bonchev–Trinajstić information content (AvgIpc) is 2.95. The molecule has 1 N–H and O–H groups in total. The zero-order chi connectivity index (χ0) is 16.2. The largest absolute Gasteiger partial charge is 0.291 e. The highest BCUT2D eigenvalue weighted by molar-refractivity contribution is 5.17. The van der Waals surface area contributed by atoms with Gasteiger partial charge in [-0.2, -0.15) is 5.10 Å². The van der Waals surface area contributed by atoms with Gasteiger partial charge in [-0.15, -0.1) is 0 Å². The molecule has 120 valence electrons. The molecule has 0 spiro atoms. The first-order valence-corrected chi connectivity index (χ1v) is 8.08. The number of aromatic nitrogens is 3. The van der Waals surface area contributed by atoms with Crippen LogP contribution in [0.1, 0.15) is 58.0 Å². The summed E-state index contributed by atoms with van der Waals surface area (Å²) in [6.07, 6.45) is 4.85. The Kier molecular flexibility index (Phi) is 5.35. The van der Waals surface area contributed by atoms with Crippen molar-refractivity contribution >= 4 is 0 Å². The lowest BCUT2D eigenvalue weighted by molar-refractivity contribution is 0.184. The number of aromatic amines is 1. The Hall–Kier alpha value is -1.68. The summed E-state index contributed by atoms with van der Waals surface area (Å²) in [5.41, 5.74) is 3.68. The molecule has 2 heterocycles. The van der Waals surface area contributed by atoms with Crippen LogP contribution in [0.4, 0.5) is 0 Å². The molecule has 2 rings (SSSR count). The molecule has 22 heavy (non-hydrogen) atoms. The molecule has 0 fully saturated rings. The molecule has 4 nitrogen and oxygen atoms in total. The highest BCUT2D eigenvalue weighted by atomic mass is 15.2. The summed E-state index contributed by atoms with van der Waals surface area (Å²) in [7, 11) is 0. The van der Waals surface area contributed by atoms with Gasteiger partial charge in [-0.25, -0.2) is 0 Å².